The van der Waals surface area contributed by atoms with Gasteiger partial charge in [-0.05, 0) is 61.9 Å². The number of benzene rings is 2. The zero-order valence-corrected chi connectivity index (χ0v) is 15.1. The fourth-order valence-electron chi connectivity index (χ4n) is 3.73. The summed E-state index contributed by atoms with van der Waals surface area (Å²) in [6.45, 7) is 4.25. The van der Waals surface area contributed by atoms with Crippen molar-refractivity contribution in [2.45, 2.75) is 45.6 Å². The second-order valence-electron chi connectivity index (χ2n) is 7.24. The lowest BCUT2D eigenvalue weighted by Crippen LogP contribution is -2.20. The van der Waals surface area contributed by atoms with Crippen molar-refractivity contribution in [1.29, 1.82) is 0 Å². The van der Waals surface area contributed by atoms with Gasteiger partial charge in [-0.3, -0.25) is 4.90 Å². The molecule has 24 heavy (non-hydrogen) atoms. The predicted molar refractivity (Wildman–Crippen MR) is 104 cm³/mol. The summed E-state index contributed by atoms with van der Waals surface area (Å²) in [4.78, 5) is 2.41. The number of hydrogen-bond acceptors (Lipinski definition) is 1. The monoisotopic (exact) mass is 319 g/mol. The lowest BCUT2D eigenvalue weighted by molar-refractivity contribution is 0.356. The van der Waals surface area contributed by atoms with Crippen LogP contribution < -0.4 is 0 Å². The normalized spacial score (nSPS) is 15.2. The smallest absolute Gasteiger partial charge is 0.0234 e. The highest BCUT2D eigenvalue weighted by molar-refractivity contribution is 5.52. The van der Waals surface area contributed by atoms with Crippen molar-refractivity contribution < 1.29 is 0 Å². The number of aryl methyl sites for hydroxylation is 2. The molecule has 0 amide bonds. The molecule has 1 aliphatic carbocycles. The van der Waals surface area contributed by atoms with Crippen LogP contribution in [0.4, 0.5) is 0 Å². The van der Waals surface area contributed by atoms with Gasteiger partial charge in [0.25, 0.3) is 0 Å². The average molecular weight is 319 g/mol. The molecule has 0 aliphatic heterocycles. The van der Waals surface area contributed by atoms with E-state index in [0.29, 0.717) is 0 Å². The largest absolute Gasteiger partial charge is 0.298 e. The topological polar surface area (TPSA) is 3.24 Å². The van der Waals surface area contributed by atoms with E-state index in [1.54, 1.807) is 11.1 Å². The van der Waals surface area contributed by atoms with Crippen LogP contribution >= 0.6 is 0 Å². The Kier molecular flexibility index (Phi) is 5.87. The maximum atomic E-state index is 2.45. The number of fused-ring (bicyclic) bond motifs is 1. The average Bonchev–Trinajstić information content (AvgIpc) is 2.80. The highest BCUT2D eigenvalue weighted by Crippen LogP contribution is 2.22. The van der Waals surface area contributed by atoms with Gasteiger partial charge in [0.1, 0.15) is 0 Å². The van der Waals surface area contributed by atoms with Crippen molar-refractivity contribution in [2.75, 3.05) is 13.6 Å². The van der Waals surface area contributed by atoms with Crippen LogP contribution in [0.15, 0.2) is 54.1 Å². The van der Waals surface area contributed by atoms with Gasteiger partial charge < -0.3 is 0 Å². The molecule has 2 aromatic rings. The maximum Gasteiger partial charge on any atom is 0.0234 e. The lowest BCUT2D eigenvalue weighted by atomic mass is 10.00. The number of likely N-dealkylation sites (N-methyl/N-ethyl adjacent to an activating group) is 1. The van der Waals surface area contributed by atoms with Crippen molar-refractivity contribution in [3.8, 4) is 0 Å². The Morgan fingerprint density at radius 3 is 2.50 bits per heavy atom. The molecule has 1 heteroatoms. The first-order chi connectivity index (χ1) is 11.7. The summed E-state index contributed by atoms with van der Waals surface area (Å²) in [6, 6.07) is 17.7. The Labute approximate surface area is 147 Å². The van der Waals surface area contributed by atoms with Gasteiger partial charge in [0.05, 0.1) is 0 Å². The lowest BCUT2D eigenvalue weighted by Gasteiger charge is -2.18. The summed E-state index contributed by atoms with van der Waals surface area (Å²) in [5, 5.41) is 0. The summed E-state index contributed by atoms with van der Waals surface area (Å²) >= 11 is 0. The summed E-state index contributed by atoms with van der Waals surface area (Å²) < 4.78 is 0. The molecule has 0 bridgehead atoms. The zero-order chi connectivity index (χ0) is 16.8. The fourth-order valence-corrected chi connectivity index (χ4v) is 3.73. The van der Waals surface area contributed by atoms with Crippen molar-refractivity contribution >= 4 is 6.08 Å². The predicted octanol–water partition coefficient (Wildman–Crippen LogP) is 5.49. The minimum atomic E-state index is 1.01. The second kappa shape index (κ2) is 8.30. The van der Waals surface area contributed by atoms with Crippen LogP contribution in [-0.2, 0) is 19.4 Å². The van der Waals surface area contributed by atoms with E-state index in [1.807, 2.05) is 0 Å². The van der Waals surface area contributed by atoms with Gasteiger partial charge in [0.2, 0.25) is 0 Å². The molecule has 0 fully saturated rings. The van der Waals surface area contributed by atoms with Gasteiger partial charge in [0.15, 0.2) is 0 Å². The molecule has 0 unspecified atom stereocenters. The van der Waals surface area contributed by atoms with Gasteiger partial charge >= 0.3 is 0 Å². The Bertz CT molecular complexity index is 684. The minimum absolute atomic E-state index is 1.01. The summed E-state index contributed by atoms with van der Waals surface area (Å²) in [5.74, 6) is 0. The Morgan fingerprint density at radius 2 is 1.71 bits per heavy atom. The third-order valence-corrected chi connectivity index (χ3v) is 4.85. The van der Waals surface area contributed by atoms with Crippen LogP contribution in [0, 0.1) is 0 Å². The highest BCUT2D eigenvalue weighted by atomic mass is 15.1. The molecule has 0 spiro atoms. The van der Waals surface area contributed by atoms with E-state index in [2.05, 4.69) is 73.5 Å². The van der Waals surface area contributed by atoms with Gasteiger partial charge in [-0.25, -0.2) is 0 Å². The number of hydrogen-bond donors (Lipinski definition) is 0. The summed E-state index contributed by atoms with van der Waals surface area (Å²) in [6.07, 6.45) is 8.91. The number of nitrogens with zero attached hydrogens (tertiary/aromatic N) is 1. The molecule has 0 aromatic heterocycles. The molecule has 1 nitrogen and oxygen atoms in total. The van der Waals surface area contributed by atoms with Crippen LogP contribution in [0.5, 0.6) is 0 Å². The van der Waals surface area contributed by atoms with Crippen molar-refractivity contribution in [1.82, 2.24) is 4.90 Å². The first kappa shape index (κ1) is 17.0. The van der Waals surface area contributed by atoms with Crippen LogP contribution in [-0.4, -0.2) is 18.5 Å². The first-order valence-electron chi connectivity index (χ1n) is 9.22. The van der Waals surface area contributed by atoms with E-state index in [9.17, 15) is 0 Å². The van der Waals surface area contributed by atoms with Crippen LogP contribution in [0.3, 0.4) is 0 Å². The third-order valence-electron chi connectivity index (χ3n) is 4.85. The number of rotatable bonds is 5. The molecule has 1 aliphatic rings. The molecule has 126 valence electrons. The van der Waals surface area contributed by atoms with Gasteiger partial charge in [-0.2, -0.15) is 0 Å². The Hall–Kier alpha value is -1.86. The van der Waals surface area contributed by atoms with Crippen molar-refractivity contribution in [2.24, 2.45) is 0 Å². The van der Waals surface area contributed by atoms with E-state index < -0.39 is 0 Å². The van der Waals surface area contributed by atoms with Crippen LogP contribution in [0.25, 0.3) is 6.08 Å². The minimum Gasteiger partial charge on any atom is -0.298 e. The zero-order valence-electron chi connectivity index (χ0n) is 15.1. The van der Waals surface area contributed by atoms with Crippen LogP contribution in [0.1, 0.15) is 48.4 Å². The SMILES string of the molecule is C/C(=C\c1ccccc1)CN(C)Cc1ccc2c(c1)CCCCC2. The van der Waals surface area contributed by atoms with E-state index in [-0.39, 0.29) is 0 Å². The molecule has 3 rings (SSSR count). The summed E-state index contributed by atoms with van der Waals surface area (Å²) in [5.41, 5.74) is 7.31. The van der Waals surface area contributed by atoms with Crippen LogP contribution in [0.2, 0.25) is 0 Å². The van der Waals surface area contributed by atoms with E-state index in [4.69, 9.17) is 0 Å². The quantitative estimate of drug-likeness (QED) is 0.659. The van der Waals surface area contributed by atoms with Gasteiger partial charge in [-0.15, -0.1) is 0 Å². The molecule has 0 heterocycles. The Morgan fingerprint density at radius 1 is 0.958 bits per heavy atom. The molecule has 0 N–H and O–H groups in total. The maximum absolute atomic E-state index is 2.45. The van der Waals surface area contributed by atoms with E-state index >= 15 is 0 Å². The molecule has 0 radical (unpaired) electrons. The molecular formula is C23H29N. The molecule has 0 atom stereocenters. The molecule has 0 saturated carbocycles. The fraction of sp³-hybridized carbons (Fsp3) is 0.391. The van der Waals surface area contributed by atoms with Gasteiger partial charge in [0, 0.05) is 13.1 Å². The molecular weight excluding hydrogens is 290 g/mol. The second-order valence-corrected chi connectivity index (χ2v) is 7.24. The third kappa shape index (κ3) is 4.82. The Balaban J connectivity index is 1.61. The highest BCUT2D eigenvalue weighted by Gasteiger charge is 2.09. The standard InChI is InChI=1S/C23H29N/c1-19(15-20-9-5-3-6-10-20)17-24(2)18-21-13-14-22-11-7-4-8-12-23(22)16-21/h3,5-6,9-10,13-16H,4,7-8,11-12,17-18H2,1-2H3/b19-15+. The first-order valence-corrected chi connectivity index (χ1v) is 9.22. The van der Waals surface area contributed by atoms with Crippen molar-refractivity contribution in [3.63, 3.8) is 0 Å². The van der Waals surface area contributed by atoms with Gasteiger partial charge in [-0.1, -0.05) is 66.6 Å². The van der Waals surface area contributed by atoms with E-state index in [0.717, 1.165) is 13.1 Å². The summed E-state index contributed by atoms with van der Waals surface area (Å²) in [7, 11) is 2.22. The van der Waals surface area contributed by atoms with Crippen molar-refractivity contribution in [3.05, 3.63) is 76.4 Å². The molecule has 2 aromatic carbocycles. The van der Waals surface area contributed by atoms with E-state index in [1.165, 1.54) is 48.8 Å². The molecule has 0 saturated heterocycles.